The van der Waals surface area contributed by atoms with Crippen molar-refractivity contribution in [2.24, 2.45) is 30.7 Å². The van der Waals surface area contributed by atoms with E-state index >= 15 is 0 Å². The van der Waals surface area contributed by atoms with E-state index in [0.717, 1.165) is 24.3 Å². The van der Waals surface area contributed by atoms with E-state index in [2.05, 4.69) is 43.8 Å². The summed E-state index contributed by atoms with van der Waals surface area (Å²) in [6.45, 7) is 7.12. The third-order valence-corrected chi connectivity index (χ3v) is 5.89. The average Bonchev–Trinajstić information content (AvgIpc) is 3.11. The highest BCUT2D eigenvalue weighted by atomic mass is 19.1. The number of halogens is 2. The minimum absolute atomic E-state index is 0.0812. The lowest BCUT2D eigenvalue weighted by atomic mass is 10.2. The molecule has 0 saturated carbocycles. The molecule has 0 aliphatic heterocycles. The molecule has 0 aliphatic carbocycles. The fraction of sp³-hybridized carbons (Fsp3) is 0.118. The summed E-state index contributed by atoms with van der Waals surface area (Å²) in [5, 5.41) is 23.8. The minimum atomic E-state index is -0.727. The fourth-order valence-corrected chi connectivity index (χ4v) is 3.56. The standard InChI is InChI=1S/C34H28F2N6O6/c1-3-33(43)47-19-17-45-27-11-5-23(6-12-27)37-39-25-9-15-31(29(35)21-25)41-42-32-16-10-26(22-30(32)36)40-38-24-7-13-28(14-8-24)46-18-20-48-34(44)4-2/h3-16,21-22H,1-2,17-20H2/b39-37+,40-38+,42-41+. The van der Waals surface area contributed by atoms with Crippen molar-refractivity contribution in [1.82, 2.24) is 0 Å². The number of benzene rings is 4. The van der Waals surface area contributed by atoms with Gasteiger partial charge >= 0.3 is 11.9 Å². The number of esters is 2. The van der Waals surface area contributed by atoms with Crippen LogP contribution in [0.4, 0.5) is 42.9 Å². The first-order valence-electron chi connectivity index (χ1n) is 14.2. The molecular formula is C34H28F2N6O6. The molecule has 0 aromatic heterocycles. The first kappa shape index (κ1) is 34.4. The van der Waals surface area contributed by atoms with Gasteiger partial charge in [0.15, 0.2) is 11.6 Å². The van der Waals surface area contributed by atoms with Crippen LogP contribution in [0, 0.1) is 11.6 Å². The molecule has 0 radical (unpaired) electrons. The van der Waals surface area contributed by atoms with Crippen LogP contribution in [0.15, 0.2) is 141 Å². The lowest BCUT2D eigenvalue weighted by Gasteiger charge is -2.06. The van der Waals surface area contributed by atoms with Crippen LogP contribution in [-0.4, -0.2) is 38.4 Å². The minimum Gasteiger partial charge on any atom is -0.490 e. The molecule has 0 saturated heterocycles. The first-order chi connectivity index (χ1) is 23.3. The van der Waals surface area contributed by atoms with Gasteiger partial charge < -0.3 is 18.9 Å². The van der Waals surface area contributed by atoms with Crippen LogP contribution in [-0.2, 0) is 19.1 Å². The quantitative estimate of drug-likeness (QED) is 0.0509. The Balaban J connectivity index is 1.27. The van der Waals surface area contributed by atoms with Crippen molar-refractivity contribution in [3.63, 3.8) is 0 Å². The molecule has 0 amide bonds. The topological polar surface area (TPSA) is 145 Å². The second kappa shape index (κ2) is 17.9. The molecule has 0 bridgehead atoms. The van der Waals surface area contributed by atoms with Gasteiger partial charge in [0.2, 0.25) is 0 Å². The van der Waals surface area contributed by atoms with E-state index in [0.29, 0.717) is 22.9 Å². The number of ether oxygens (including phenoxy) is 4. The molecule has 14 heteroatoms. The van der Waals surface area contributed by atoms with Crippen molar-refractivity contribution in [2.75, 3.05) is 26.4 Å². The zero-order chi connectivity index (χ0) is 34.1. The van der Waals surface area contributed by atoms with Crippen LogP contribution < -0.4 is 9.47 Å². The van der Waals surface area contributed by atoms with Gasteiger partial charge in [-0.25, -0.2) is 18.4 Å². The summed E-state index contributed by atoms with van der Waals surface area (Å²) < 4.78 is 49.9. The molecule has 48 heavy (non-hydrogen) atoms. The Bertz CT molecular complexity index is 1700. The Morgan fingerprint density at radius 1 is 0.521 bits per heavy atom. The summed E-state index contributed by atoms with van der Waals surface area (Å²) in [5.41, 5.74) is 1.20. The van der Waals surface area contributed by atoms with Gasteiger partial charge in [0.05, 0.1) is 22.7 Å². The van der Waals surface area contributed by atoms with Crippen LogP contribution in [0.3, 0.4) is 0 Å². The largest absolute Gasteiger partial charge is 0.490 e. The fourth-order valence-electron chi connectivity index (χ4n) is 3.56. The molecule has 4 aromatic carbocycles. The second-order valence-corrected chi connectivity index (χ2v) is 9.30. The highest BCUT2D eigenvalue weighted by Crippen LogP contribution is 2.30. The monoisotopic (exact) mass is 654 g/mol. The summed E-state index contributed by atoms with van der Waals surface area (Å²) in [6, 6.07) is 21.2. The van der Waals surface area contributed by atoms with Gasteiger partial charge in [-0.2, -0.15) is 20.5 Å². The third-order valence-electron chi connectivity index (χ3n) is 5.89. The first-order valence-corrected chi connectivity index (χ1v) is 14.2. The molecule has 0 spiro atoms. The van der Waals surface area contributed by atoms with Gasteiger partial charge in [0.1, 0.15) is 49.3 Å². The van der Waals surface area contributed by atoms with Crippen LogP contribution in [0.25, 0.3) is 0 Å². The summed E-state index contributed by atoms with van der Waals surface area (Å²) in [7, 11) is 0. The van der Waals surface area contributed by atoms with E-state index in [-0.39, 0.29) is 49.2 Å². The highest BCUT2D eigenvalue weighted by molar-refractivity contribution is 5.81. The number of carbonyl (C=O) groups excluding carboxylic acids is 2. The number of carbonyl (C=O) groups is 2. The molecule has 4 rings (SSSR count). The SMILES string of the molecule is C=CC(=O)OCCOc1ccc(/N=N/c2ccc(/N=N/c3ccc(/N=N/c4ccc(OCCOC(=O)C=C)cc4)cc3F)c(F)c2)cc1. The van der Waals surface area contributed by atoms with Gasteiger partial charge in [-0.15, -0.1) is 10.2 Å². The lowest BCUT2D eigenvalue weighted by molar-refractivity contribution is -0.139. The summed E-state index contributed by atoms with van der Waals surface area (Å²) in [6.07, 6.45) is 2.14. The number of nitrogens with zero attached hydrogens (tertiary/aromatic N) is 6. The molecule has 0 unspecified atom stereocenters. The molecule has 0 atom stereocenters. The van der Waals surface area contributed by atoms with Crippen LogP contribution >= 0.6 is 0 Å². The Hall–Kier alpha value is -6.44. The predicted molar refractivity (Wildman–Crippen MR) is 172 cm³/mol. The van der Waals surface area contributed by atoms with E-state index in [1.807, 2.05) is 0 Å². The molecular weight excluding hydrogens is 626 g/mol. The number of rotatable bonds is 16. The molecule has 0 N–H and O–H groups in total. The second-order valence-electron chi connectivity index (χ2n) is 9.30. The van der Waals surface area contributed by atoms with Crippen molar-refractivity contribution in [3.8, 4) is 11.5 Å². The van der Waals surface area contributed by atoms with E-state index in [1.165, 1.54) is 24.3 Å². The Morgan fingerprint density at radius 2 is 0.875 bits per heavy atom. The van der Waals surface area contributed by atoms with Gasteiger partial charge in [-0.1, -0.05) is 13.2 Å². The van der Waals surface area contributed by atoms with Gasteiger partial charge in [-0.3, -0.25) is 0 Å². The van der Waals surface area contributed by atoms with E-state index in [1.54, 1.807) is 48.5 Å². The predicted octanol–water partition coefficient (Wildman–Crippen LogP) is 9.43. The van der Waals surface area contributed by atoms with Crippen LogP contribution in [0.5, 0.6) is 11.5 Å². The molecule has 0 heterocycles. The van der Waals surface area contributed by atoms with Crippen molar-refractivity contribution in [1.29, 1.82) is 0 Å². The molecule has 244 valence electrons. The smallest absolute Gasteiger partial charge is 0.330 e. The molecule has 0 aliphatic rings. The van der Waals surface area contributed by atoms with Gasteiger partial charge in [0.25, 0.3) is 0 Å². The zero-order valence-corrected chi connectivity index (χ0v) is 25.4. The van der Waals surface area contributed by atoms with Crippen molar-refractivity contribution in [2.45, 2.75) is 0 Å². The van der Waals surface area contributed by atoms with Crippen molar-refractivity contribution >= 4 is 46.1 Å². The van der Waals surface area contributed by atoms with Crippen molar-refractivity contribution in [3.05, 3.63) is 122 Å². The maximum atomic E-state index is 14.7. The van der Waals surface area contributed by atoms with Crippen LogP contribution in [0.2, 0.25) is 0 Å². The summed E-state index contributed by atoms with van der Waals surface area (Å²) in [4.78, 5) is 22.1. The average molecular weight is 655 g/mol. The van der Waals surface area contributed by atoms with Gasteiger partial charge in [-0.05, 0) is 72.8 Å². The molecule has 0 fully saturated rings. The lowest BCUT2D eigenvalue weighted by Crippen LogP contribution is -2.09. The Labute approximate surface area is 273 Å². The zero-order valence-electron chi connectivity index (χ0n) is 25.4. The number of hydrogen-bond acceptors (Lipinski definition) is 12. The van der Waals surface area contributed by atoms with Gasteiger partial charge in [0, 0.05) is 24.3 Å². The maximum Gasteiger partial charge on any atom is 0.330 e. The summed E-state index contributed by atoms with van der Waals surface area (Å²) in [5.74, 6) is -1.43. The Morgan fingerprint density at radius 3 is 1.23 bits per heavy atom. The number of hydrogen-bond donors (Lipinski definition) is 0. The normalized spacial score (nSPS) is 11.1. The number of azo groups is 3. The Kier molecular flexibility index (Phi) is 12.8. The van der Waals surface area contributed by atoms with E-state index < -0.39 is 23.6 Å². The van der Waals surface area contributed by atoms with E-state index in [9.17, 15) is 18.4 Å². The molecule has 4 aromatic rings. The molecule has 12 nitrogen and oxygen atoms in total. The van der Waals surface area contributed by atoms with E-state index in [4.69, 9.17) is 18.9 Å². The van der Waals surface area contributed by atoms with Crippen LogP contribution in [0.1, 0.15) is 0 Å². The highest BCUT2D eigenvalue weighted by Gasteiger charge is 2.07. The van der Waals surface area contributed by atoms with Crippen molar-refractivity contribution < 1.29 is 37.3 Å². The maximum absolute atomic E-state index is 14.7. The third kappa shape index (κ3) is 11.2. The summed E-state index contributed by atoms with van der Waals surface area (Å²) >= 11 is 0.